The molecule has 0 fully saturated rings. The summed E-state index contributed by atoms with van der Waals surface area (Å²) in [5.41, 5.74) is 0. The number of fused-ring (bicyclic) bond motifs is 1. The molecule has 0 heterocycles. The number of benzene rings is 2. The summed E-state index contributed by atoms with van der Waals surface area (Å²) in [5, 5.41) is 10.9. The molecule has 0 saturated carbocycles. The van der Waals surface area contributed by atoms with Crippen LogP contribution >= 0.6 is 11.8 Å². The van der Waals surface area contributed by atoms with E-state index in [1.54, 1.807) is 0 Å². The summed E-state index contributed by atoms with van der Waals surface area (Å²) in [6, 6.07) is 11.8. The number of ether oxygens (including phenoxy) is 1. The number of thioether (sulfide) groups is 1. The van der Waals surface area contributed by atoms with E-state index in [2.05, 4.69) is 0 Å². The third-order valence-corrected chi connectivity index (χ3v) is 3.58. The van der Waals surface area contributed by atoms with E-state index in [0.29, 0.717) is 6.61 Å². The maximum absolute atomic E-state index is 10.7. The van der Waals surface area contributed by atoms with E-state index in [-0.39, 0.29) is 5.75 Å². The van der Waals surface area contributed by atoms with Crippen LogP contribution in [-0.4, -0.2) is 23.4 Å². The molecule has 1 N–H and O–H groups in total. The molecule has 3 nitrogen and oxygen atoms in total. The zero-order valence-electron chi connectivity index (χ0n) is 10.1. The van der Waals surface area contributed by atoms with E-state index in [0.717, 1.165) is 21.4 Å². The minimum atomic E-state index is -0.824. The lowest BCUT2D eigenvalue weighted by Crippen LogP contribution is -1.99. The van der Waals surface area contributed by atoms with Gasteiger partial charge in [-0.15, -0.1) is 11.8 Å². The molecule has 18 heavy (non-hydrogen) atoms. The highest BCUT2D eigenvalue weighted by Crippen LogP contribution is 2.36. The van der Waals surface area contributed by atoms with Crippen molar-refractivity contribution in [2.45, 2.75) is 11.8 Å². The number of carboxylic acid groups (broad SMARTS) is 1. The number of rotatable bonds is 5. The van der Waals surface area contributed by atoms with Crippen molar-refractivity contribution < 1.29 is 14.6 Å². The van der Waals surface area contributed by atoms with Crippen molar-refractivity contribution in [3.05, 3.63) is 36.4 Å². The molecule has 2 aromatic rings. The molecule has 94 valence electrons. The number of carbonyl (C=O) groups is 1. The SMILES string of the molecule is CCOc1ccc2ccccc2c1SCC(=O)O. The first-order chi connectivity index (χ1) is 8.72. The molecule has 0 atom stereocenters. The van der Waals surface area contributed by atoms with Gasteiger partial charge in [-0.3, -0.25) is 4.79 Å². The van der Waals surface area contributed by atoms with Gasteiger partial charge in [-0.25, -0.2) is 0 Å². The maximum atomic E-state index is 10.7. The number of hydrogen-bond donors (Lipinski definition) is 1. The van der Waals surface area contributed by atoms with Crippen molar-refractivity contribution in [3.8, 4) is 5.75 Å². The van der Waals surface area contributed by atoms with Gasteiger partial charge in [0.05, 0.1) is 17.3 Å². The topological polar surface area (TPSA) is 46.5 Å². The van der Waals surface area contributed by atoms with Crippen LogP contribution in [-0.2, 0) is 4.79 Å². The normalized spacial score (nSPS) is 10.5. The standard InChI is InChI=1S/C14H14O3S/c1-2-17-12-8-7-10-5-3-4-6-11(10)14(12)18-9-13(15)16/h3-8H,2,9H2,1H3,(H,15,16). The van der Waals surface area contributed by atoms with Crippen LogP contribution in [0.25, 0.3) is 10.8 Å². The monoisotopic (exact) mass is 262 g/mol. The van der Waals surface area contributed by atoms with E-state index in [4.69, 9.17) is 9.84 Å². The largest absolute Gasteiger partial charge is 0.493 e. The molecule has 4 heteroatoms. The van der Waals surface area contributed by atoms with Crippen molar-refractivity contribution >= 4 is 28.5 Å². The van der Waals surface area contributed by atoms with Gasteiger partial charge in [0.1, 0.15) is 5.75 Å². The second kappa shape index (κ2) is 5.78. The fraction of sp³-hybridized carbons (Fsp3) is 0.214. The smallest absolute Gasteiger partial charge is 0.313 e. The molecule has 0 spiro atoms. The van der Waals surface area contributed by atoms with Gasteiger partial charge in [-0.1, -0.05) is 30.3 Å². The minimum absolute atomic E-state index is 0.0358. The Hall–Kier alpha value is -1.68. The van der Waals surface area contributed by atoms with Crippen LogP contribution in [0.15, 0.2) is 41.3 Å². The average molecular weight is 262 g/mol. The van der Waals surface area contributed by atoms with Gasteiger partial charge in [0.25, 0.3) is 0 Å². The Balaban J connectivity index is 2.47. The van der Waals surface area contributed by atoms with Crippen molar-refractivity contribution in [1.82, 2.24) is 0 Å². The van der Waals surface area contributed by atoms with E-state index in [1.807, 2.05) is 43.3 Å². The van der Waals surface area contributed by atoms with E-state index in [9.17, 15) is 4.79 Å². The Morgan fingerprint density at radius 3 is 2.78 bits per heavy atom. The molecular formula is C14H14O3S. The summed E-state index contributed by atoms with van der Waals surface area (Å²) < 4.78 is 5.56. The molecular weight excluding hydrogens is 248 g/mol. The fourth-order valence-corrected chi connectivity index (χ4v) is 2.65. The summed E-state index contributed by atoms with van der Waals surface area (Å²) in [7, 11) is 0. The first-order valence-corrected chi connectivity index (χ1v) is 6.70. The van der Waals surface area contributed by atoms with Crippen LogP contribution in [0.2, 0.25) is 0 Å². The lowest BCUT2D eigenvalue weighted by Gasteiger charge is -2.12. The van der Waals surface area contributed by atoms with Crippen LogP contribution in [0.1, 0.15) is 6.92 Å². The highest BCUT2D eigenvalue weighted by Gasteiger charge is 2.10. The zero-order valence-corrected chi connectivity index (χ0v) is 10.9. The lowest BCUT2D eigenvalue weighted by molar-refractivity contribution is -0.133. The van der Waals surface area contributed by atoms with Gasteiger partial charge < -0.3 is 9.84 Å². The molecule has 0 bridgehead atoms. The number of hydrogen-bond acceptors (Lipinski definition) is 3. The Morgan fingerprint density at radius 1 is 1.28 bits per heavy atom. The molecule has 0 saturated heterocycles. The number of aliphatic carboxylic acids is 1. The van der Waals surface area contributed by atoms with Crippen LogP contribution in [0.5, 0.6) is 5.75 Å². The second-order valence-electron chi connectivity index (χ2n) is 3.73. The summed E-state index contributed by atoms with van der Waals surface area (Å²) in [6.07, 6.45) is 0. The van der Waals surface area contributed by atoms with E-state index >= 15 is 0 Å². The Kier molecular flexibility index (Phi) is 4.10. The van der Waals surface area contributed by atoms with Crippen LogP contribution < -0.4 is 4.74 Å². The van der Waals surface area contributed by atoms with Gasteiger partial charge >= 0.3 is 5.97 Å². The van der Waals surface area contributed by atoms with E-state index < -0.39 is 5.97 Å². The van der Waals surface area contributed by atoms with Crippen molar-refractivity contribution in [1.29, 1.82) is 0 Å². The van der Waals surface area contributed by atoms with Crippen molar-refractivity contribution in [2.24, 2.45) is 0 Å². The first kappa shape index (κ1) is 12.8. The second-order valence-corrected chi connectivity index (χ2v) is 4.71. The molecule has 0 aliphatic rings. The zero-order chi connectivity index (χ0) is 13.0. The van der Waals surface area contributed by atoms with Gasteiger partial charge in [-0.05, 0) is 23.8 Å². The third kappa shape index (κ3) is 2.76. The van der Waals surface area contributed by atoms with Crippen molar-refractivity contribution in [2.75, 3.05) is 12.4 Å². The lowest BCUT2D eigenvalue weighted by atomic mass is 10.1. The fourth-order valence-electron chi connectivity index (χ4n) is 1.77. The van der Waals surface area contributed by atoms with Crippen LogP contribution in [0.4, 0.5) is 0 Å². The molecule has 2 aromatic carbocycles. The number of carboxylic acids is 1. The van der Waals surface area contributed by atoms with Crippen LogP contribution in [0.3, 0.4) is 0 Å². The highest BCUT2D eigenvalue weighted by atomic mass is 32.2. The molecule has 0 aliphatic heterocycles. The highest BCUT2D eigenvalue weighted by molar-refractivity contribution is 8.00. The first-order valence-electron chi connectivity index (χ1n) is 5.71. The molecule has 0 aromatic heterocycles. The minimum Gasteiger partial charge on any atom is -0.493 e. The van der Waals surface area contributed by atoms with Gasteiger partial charge in [0.2, 0.25) is 0 Å². The molecule has 2 rings (SSSR count). The molecule has 0 amide bonds. The van der Waals surface area contributed by atoms with Crippen LogP contribution in [0, 0.1) is 0 Å². The predicted octanol–water partition coefficient (Wildman–Crippen LogP) is 3.42. The summed E-state index contributed by atoms with van der Waals surface area (Å²) >= 11 is 1.30. The Bertz CT molecular complexity index is 566. The third-order valence-electron chi connectivity index (χ3n) is 2.48. The van der Waals surface area contributed by atoms with Gasteiger partial charge in [-0.2, -0.15) is 0 Å². The molecule has 0 aliphatic carbocycles. The summed E-state index contributed by atoms with van der Waals surface area (Å²) in [6.45, 7) is 2.49. The summed E-state index contributed by atoms with van der Waals surface area (Å²) in [5.74, 6) is -0.0357. The maximum Gasteiger partial charge on any atom is 0.313 e. The predicted molar refractivity (Wildman–Crippen MR) is 73.5 cm³/mol. The summed E-state index contributed by atoms with van der Waals surface area (Å²) in [4.78, 5) is 11.6. The van der Waals surface area contributed by atoms with Gasteiger partial charge in [0.15, 0.2) is 0 Å². The average Bonchev–Trinajstić information content (AvgIpc) is 2.37. The molecule has 0 unspecified atom stereocenters. The van der Waals surface area contributed by atoms with E-state index in [1.165, 1.54) is 11.8 Å². The Morgan fingerprint density at radius 2 is 2.06 bits per heavy atom. The van der Waals surface area contributed by atoms with Crippen molar-refractivity contribution in [3.63, 3.8) is 0 Å². The quantitative estimate of drug-likeness (QED) is 0.839. The molecule has 0 radical (unpaired) electrons. The van der Waals surface area contributed by atoms with Gasteiger partial charge in [0, 0.05) is 0 Å². The Labute approximate surface area is 110 Å².